The van der Waals surface area contributed by atoms with E-state index in [1.807, 2.05) is 49.5 Å². The van der Waals surface area contributed by atoms with Gasteiger partial charge in [0, 0.05) is 29.2 Å². The molecular weight excluding hydrogens is 330 g/mol. The van der Waals surface area contributed by atoms with Gasteiger partial charge in [-0.25, -0.2) is 0 Å². The first-order chi connectivity index (χ1) is 10.0. The van der Waals surface area contributed by atoms with Crippen LogP contribution in [0.15, 0.2) is 46.9 Å². The highest BCUT2D eigenvalue weighted by Gasteiger charge is 2.10. The molecule has 0 saturated carbocycles. The highest BCUT2D eigenvalue weighted by molar-refractivity contribution is 9.10. The number of para-hydroxylation sites is 1. The number of nitrogens with zero attached hydrogens (tertiary/aromatic N) is 1. The number of hydrogen-bond acceptors (Lipinski definition) is 3. The maximum absolute atomic E-state index is 7.47. The van der Waals surface area contributed by atoms with Crippen LogP contribution in [-0.2, 0) is 6.54 Å². The second-order valence-corrected chi connectivity index (χ2v) is 5.60. The van der Waals surface area contributed by atoms with E-state index < -0.39 is 0 Å². The van der Waals surface area contributed by atoms with Crippen molar-refractivity contribution in [2.24, 2.45) is 5.73 Å². The summed E-state index contributed by atoms with van der Waals surface area (Å²) >= 11 is 3.54. The van der Waals surface area contributed by atoms with Gasteiger partial charge in [-0.1, -0.05) is 18.2 Å². The predicted molar refractivity (Wildman–Crippen MR) is 90.3 cm³/mol. The molecule has 3 N–H and O–H groups in total. The molecule has 0 atom stereocenters. The van der Waals surface area contributed by atoms with Crippen LogP contribution in [0.2, 0.25) is 0 Å². The van der Waals surface area contributed by atoms with Gasteiger partial charge in [0.25, 0.3) is 0 Å². The Kier molecular flexibility index (Phi) is 4.85. The highest BCUT2D eigenvalue weighted by atomic mass is 79.9. The van der Waals surface area contributed by atoms with Crippen molar-refractivity contribution in [3.63, 3.8) is 0 Å². The van der Waals surface area contributed by atoms with Gasteiger partial charge < -0.3 is 15.4 Å². The Morgan fingerprint density at radius 3 is 2.62 bits per heavy atom. The van der Waals surface area contributed by atoms with Crippen LogP contribution >= 0.6 is 15.9 Å². The summed E-state index contributed by atoms with van der Waals surface area (Å²) in [5.74, 6) is 0.940. The molecule has 2 aromatic rings. The minimum atomic E-state index is 0.0645. The molecule has 4 nitrogen and oxygen atoms in total. The quantitative estimate of drug-likeness (QED) is 0.643. The Hall–Kier alpha value is -2.01. The zero-order valence-corrected chi connectivity index (χ0v) is 13.6. The molecule has 2 aromatic carbocycles. The van der Waals surface area contributed by atoms with Crippen molar-refractivity contribution < 1.29 is 4.74 Å². The van der Waals surface area contributed by atoms with E-state index in [2.05, 4.69) is 20.8 Å². The number of rotatable bonds is 5. The van der Waals surface area contributed by atoms with E-state index in [9.17, 15) is 0 Å². The number of nitrogen functional groups attached to an aromatic ring is 1. The number of benzene rings is 2. The molecule has 0 aliphatic heterocycles. The molecule has 2 rings (SSSR count). The van der Waals surface area contributed by atoms with Gasteiger partial charge in [0.15, 0.2) is 0 Å². The minimum Gasteiger partial charge on any atom is -0.496 e. The fraction of sp³-hybridized carbons (Fsp3) is 0.188. The fourth-order valence-electron chi connectivity index (χ4n) is 2.16. The summed E-state index contributed by atoms with van der Waals surface area (Å²) in [7, 11) is 3.69. The van der Waals surface area contributed by atoms with Gasteiger partial charge in [0.2, 0.25) is 0 Å². The highest BCUT2D eigenvalue weighted by Crippen LogP contribution is 2.29. The topological polar surface area (TPSA) is 62.3 Å². The maximum atomic E-state index is 7.47. The average molecular weight is 348 g/mol. The molecule has 0 amide bonds. The number of nitrogens with one attached hydrogen (secondary N) is 1. The number of hydrogen-bond donors (Lipinski definition) is 2. The summed E-state index contributed by atoms with van der Waals surface area (Å²) < 4.78 is 6.29. The van der Waals surface area contributed by atoms with E-state index in [4.69, 9.17) is 15.9 Å². The zero-order chi connectivity index (χ0) is 15.4. The van der Waals surface area contributed by atoms with Crippen molar-refractivity contribution in [1.82, 2.24) is 0 Å². The number of halogens is 1. The van der Waals surface area contributed by atoms with Crippen molar-refractivity contribution in [2.45, 2.75) is 6.54 Å². The van der Waals surface area contributed by atoms with Gasteiger partial charge in [-0.3, -0.25) is 5.41 Å². The lowest BCUT2D eigenvalue weighted by Crippen LogP contribution is -2.18. The van der Waals surface area contributed by atoms with E-state index in [1.54, 1.807) is 7.11 Å². The van der Waals surface area contributed by atoms with Gasteiger partial charge in [-0.15, -0.1) is 0 Å². The molecule has 0 aliphatic carbocycles. The Morgan fingerprint density at radius 2 is 2.00 bits per heavy atom. The first-order valence-electron chi connectivity index (χ1n) is 6.50. The monoisotopic (exact) mass is 347 g/mol. The van der Waals surface area contributed by atoms with Crippen LogP contribution in [-0.4, -0.2) is 20.0 Å². The SMILES string of the molecule is COc1ccccc1CN(C)c1ccc(C(=N)N)cc1Br. The van der Waals surface area contributed by atoms with Crippen molar-refractivity contribution >= 4 is 27.5 Å². The summed E-state index contributed by atoms with van der Waals surface area (Å²) in [6.07, 6.45) is 0. The Labute approximate surface area is 133 Å². The maximum Gasteiger partial charge on any atom is 0.123 e. The molecule has 0 unspecified atom stereocenters. The van der Waals surface area contributed by atoms with Crippen LogP contribution in [0.25, 0.3) is 0 Å². The van der Waals surface area contributed by atoms with Crippen LogP contribution in [0.5, 0.6) is 5.75 Å². The van der Waals surface area contributed by atoms with Crippen molar-refractivity contribution in [3.05, 3.63) is 58.1 Å². The van der Waals surface area contributed by atoms with E-state index in [1.165, 1.54) is 0 Å². The van der Waals surface area contributed by atoms with Gasteiger partial charge in [-0.05, 0) is 40.2 Å². The minimum absolute atomic E-state index is 0.0645. The summed E-state index contributed by atoms with van der Waals surface area (Å²) in [6.45, 7) is 0.724. The van der Waals surface area contributed by atoms with Gasteiger partial charge >= 0.3 is 0 Å². The molecule has 5 heteroatoms. The van der Waals surface area contributed by atoms with E-state index in [0.29, 0.717) is 5.56 Å². The first-order valence-corrected chi connectivity index (χ1v) is 7.29. The van der Waals surface area contributed by atoms with Crippen LogP contribution in [0.4, 0.5) is 5.69 Å². The smallest absolute Gasteiger partial charge is 0.123 e. The summed E-state index contributed by atoms with van der Waals surface area (Å²) in [5.41, 5.74) is 8.36. The van der Waals surface area contributed by atoms with Crippen LogP contribution in [0.3, 0.4) is 0 Å². The molecule has 0 saturated heterocycles. The number of methoxy groups -OCH3 is 1. The Balaban J connectivity index is 2.24. The van der Waals surface area contributed by atoms with Gasteiger partial charge in [0.05, 0.1) is 12.8 Å². The standard InChI is InChI=1S/C16H18BrN3O/c1-20(10-12-5-3-4-6-15(12)21-2)14-8-7-11(16(18)19)9-13(14)17/h3-9H,10H2,1-2H3,(H3,18,19). The third-order valence-electron chi connectivity index (χ3n) is 3.27. The molecule has 0 spiro atoms. The molecule has 0 aliphatic rings. The van der Waals surface area contributed by atoms with Crippen LogP contribution < -0.4 is 15.4 Å². The van der Waals surface area contributed by atoms with Gasteiger partial charge in [-0.2, -0.15) is 0 Å². The average Bonchev–Trinajstić information content (AvgIpc) is 2.47. The number of nitrogens with two attached hydrogens (primary N) is 1. The normalized spacial score (nSPS) is 10.2. The summed E-state index contributed by atoms with van der Waals surface area (Å²) in [5, 5.41) is 7.47. The molecular formula is C16H18BrN3O. The molecule has 110 valence electrons. The van der Waals surface area contributed by atoms with Crippen molar-refractivity contribution in [3.8, 4) is 5.75 Å². The second-order valence-electron chi connectivity index (χ2n) is 4.75. The predicted octanol–water partition coefficient (Wildman–Crippen LogP) is 3.38. The summed E-state index contributed by atoms with van der Waals surface area (Å²) in [6, 6.07) is 13.6. The third kappa shape index (κ3) is 3.55. The first kappa shape index (κ1) is 15.4. The van der Waals surface area contributed by atoms with Gasteiger partial charge in [0.1, 0.15) is 11.6 Å². The number of amidine groups is 1. The Morgan fingerprint density at radius 1 is 1.29 bits per heavy atom. The van der Waals surface area contributed by atoms with E-state index in [-0.39, 0.29) is 5.84 Å². The lowest BCUT2D eigenvalue weighted by Gasteiger charge is -2.22. The lowest BCUT2D eigenvalue weighted by atomic mass is 10.1. The van der Waals surface area contributed by atoms with E-state index >= 15 is 0 Å². The Bertz CT molecular complexity index is 658. The third-order valence-corrected chi connectivity index (χ3v) is 3.91. The van der Waals surface area contributed by atoms with E-state index in [0.717, 1.165) is 28.0 Å². The lowest BCUT2D eigenvalue weighted by molar-refractivity contribution is 0.409. The second kappa shape index (κ2) is 6.63. The molecule has 0 radical (unpaired) electrons. The van der Waals surface area contributed by atoms with Crippen molar-refractivity contribution in [2.75, 3.05) is 19.1 Å². The van der Waals surface area contributed by atoms with Crippen LogP contribution in [0, 0.1) is 5.41 Å². The zero-order valence-electron chi connectivity index (χ0n) is 12.1. The molecule has 0 fully saturated rings. The molecule has 0 bridgehead atoms. The molecule has 0 heterocycles. The van der Waals surface area contributed by atoms with Crippen LogP contribution in [0.1, 0.15) is 11.1 Å². The largest absolute Gasteiger partial charge is 0.496 e. The number of ether oxygens (including phenoxy) is 1. The molecule has 21 heavy (non-hydrogen) atoms. The fourth-order valence-corrected chi connectivity index (χ4v) is 2.84. The summed E-state index contributed by atoms with van der Waals surface area (Å²) in [4.78, 5) is 2.12. The van der Waals surface area contributed by atoms with Crippen molar-refractivity contribution in [1.29, 1.82) is 5.41 Å². The molecule has 0 aromatic heterocycles. The number of anilines is 1.